The third-order valence-electron chi connectivity index (χ3n) is 4.27. The highest BCUT2D eigenvalue weighted by molar-refractivity contribution is 7.46. The summed E-state index contributed by atoms with van der Waals surface area (Å²) in [6.07, 6.45) is -2.52. The second-order valence-corrected chi connectivity index (χ2v) is 9.69. The molecule has 1 aromatic carbocycles. The summed E-state index contributed by atoms with van der Waals surface area (Å²) in [5.74, 6) is -0.288. The van der Waals surface area contributed by atoms with Crippen molar-refractivity contribution in [2.24, 2.45) is 5.73 Å². The number of phosphoric ester groups is 1. The van der Waals surface area contributed by atoms with E-state index in [1.807, 2.05) is 6.92 Å². The van der Waals surface area contributed by atoms with E-state index >= 15 is 0 Å². The first-order chi connectivity index (χ1) is 15.3. The van der Waals surface area contributed by atoms with Gasteiger partial charge < -0.3 is 25.0 Å². The van der Waals surface area contributed by atoms with Gasteiger partial charge in [0.2, 0.25) is 0 Å². The molecule has 2 aromatic rings. The largest absolute Gasteiger partial charge is 0.493 e. The summed E-state index contributed by atoms with van der Waals surface area (Å²) in [6, 6.07) is 3.58. The van der Waals surface area contributed by atoms with E-state index in [0.29, 0.717) is 26.1 Å². The standard InChI is InChI=1S/C19H27F3N3O6PS/c1-3-8-29-9-4-5-10-30-15-7-6-13(11-14(15)19(20,21)22)16-24-25-17(33-16)18(2,23)12-31-32(26,27)28/h6-7,11H,3-5,8-10,12,23H2,1-2H3,(H2,26,27,28). The number of hydrogen-bond acceptors (Lipinski definition) is 8. The summed E-state index contributed by atoms with van der Waals surface area (Å²) in [5.41, 5.74) is 3.79. The van der Waals surface area contributed by atoms with Gasteiger partial charge in [-0.1, -0.05) is 18.3 Å². The second kappa shape index (κ2) is 11.7. The Morgan fingerprint density at radius 3 is 2.48 bits per heavy atom. The summed E-state index contributed by atoms with van der Waals surface area (Å²) in [6.45, 7) is 4.14. The SMILES string of the molecule is CCCOCCCCOc1ccc(-c2nnc(C(C)(N)COP(=O)(O)O)s2)cc1C(F)(F)F. The van der Waals surface area contributed by atoms with Gasteiger partial charge in [-0.05, 0) is 44.4 Å². The number of nitrogens with zero attached hydrogens (tertiary/aromatic N) is 2. The van der Waals surface area contributed by atoms with Crippen molar-refractivity contribution in [3.8, 4) is 16.3 Å². The fourth-order valence-electron chi connectivity index (χ4n) is 2.60. The first-order valence-electron chi connectivity index (χ1n) is 10.1. The van der Waals surface area contributed by atoms with Crippen LogP contribution in [0.2, 0.25) is 0 Å². The van der Waals surface area contributed by atoms with Crippen molar-refractivity contribution in [3.05, 3.63) is 28.8 Å². The average Bonchev–Trinajstić information content (AvgIpc) is 3.22. The Labute approximate surface area is 193 Å². The van der Waals surface area contributed by atoms with Crippen LogP contribution in [0.1, 0.15) is 43.7 Å². The molecule has 0 radical (unpaired) electrons. The Hall–Kier alpha value is -1.60. The molecule has 2 rings (SSSR count). The molecule has 0 aliphatic rings. The quantitative estimate of drug-likeness (QED) is 0.267. The number of aromatic nitrogens is 2. The molecule has 1 heterocycles. The van der Waals surface area contributed by atoms with Crippen molar-refractivity contribution >= 4 is 19.2 Å². The van der Waals surface area contributed by atoms with Crippen molar-refractivity contribution in [1.29, 1.82) is 0 Å². The fourth-order valence-corrected chi connectivity index (χ4v) is 3.92. The smallest absolute Gasteiger partial charge is 0.469 e. The maximum absolute atomic E-state index is 13.6. The number of unbranched alkanes of at least 4 members (excludes halogenated alkanes) is 1. The summed E-state index contributed by atoms with van der Waals surface area (Å²) in [5, 5.41) is 8.03. The van der Waals surface area contributed by atoms with Crippen LogP contribution in [0.5, 0.6) is 5.75 Å². The van der Waals surface area contributed by atoms with E-state index in [-0.39, 0.29) is 27.9 Å². The van der Waals surface area contributed by atoms with Crippen molar-refractivity contribution in [3.63, 3.8) is 0 Å². The van der Waals surface area contributed by atoms with Gasteiger partial charge in [-0.25, -0.2) is 4.57 Å². The minimum Gasteiger partial charge on any atom is -0.493 e. The molecule has 0 bridgehead atoms. The molecule has 0 fully saturated rings. The van der Waals surface area contributed by atoms with Gasteiger partial charge in [-0.2, -0.15) is 13.2 Å². The Morgan fingerprint density at radius 2 is 1.85 bits per heavy atom. The average molecular weight is 513 g/mol. The highest BCUT2D eigenvalue weighted by Crippen LogP contribution is 2.41. The van der Waals surface area contributed by atoms with Gasteiger partial charge in [0.1, 0.15) is 15.8 Å². The molecule has 0 spiro atoms. The van der Waals surface area contributed by atoms with Gasteiger partial charge in [0, 0.05) is 18.8 Å². The van der Waals surface area contributed by atoms with Gasteiger partial charge in [-0.3, -0.25) is 4.52 Å². The van der Waals surface area contributed by atoms with Crippen molar-refractivity contribution < 1.29 is 41.5 Å². The maximum Gasteiger partial charge on any atom is 0.469 e. The third kappa shape index (κ3) is 8.93. The predicted molar refractivity (Wildman–Crippen MR) is 116 cm³/mol. The molecule has 0 saturated heterocycles. The predicted octanol–water partition coefficient (Wildman–Crippen LogP) is 4.09. The zero-order chi connectivity index (χ0) is 24.7. The van der Waals surface area contributed by atoms with Crippen molar-refractivity contribution in [2.75, 3.05) is 26.4 Å². The van der Waals surface area contributed by atoms with Crippen LogP contribution in [0.3, 0.4) is 0 Å². The van der Waals surface area contributed by atoms with Crippen molar-refractivity contribution in [1.82, 2.24) is 10.2 Å². The van der Waals surface area contributed by atoms with Crippen LogP contribution in [-0.4, -0.2) is 46.4 Å². The molecule has 1 aromatic heterocycles. The van der Waals surface area contributed by atoms with Crippen LogP contribution in [0.15, 0.2) is 18.2 Å². The fraction of sp³-hybridized carbons (Fsp3) is 0.579. The maximum atomic E-state index is 13.6. The normalized spacial score (nSPS) is 14.3. The zero-order valence-corrected chi connectivity index (χ0v) is 19.9. The summed E-state index contributed by atoms with van der Waals surface area (Å²) in [4.78, 5) is 17.7. The Balaban J connectivity index is 2.13. The van der Waals surface area contributed by atoms with E-state index in [1.54, 1.807) is 0 Å². The van der Waals surface area contributed by atoms with E-state index in [4.69, 9.17) is 25.0 Å². The van der Waals surface area contributed by atoms with Crippen LogP contribution in [-0.2, 0) is 25.5 Å². The molecule has 0 aliphatic carbocycles. The van der Waals surface area contributed by atoms with Gasteiger partial charge in [-0.15, -0.1) is 10.2 Å². The van der Waals surface area contributed by atoms with Crippen LogP contribution >= 0.6 is 19.2 Å². The van der Waals surface area contributed by atoms with Gasteiger partial charge in [0.15, 0.2) is 0 Å². The van der Waals surface area contributed by atoms with Crippen LogP contribution < -0.4 is 10.5 Å². The molecule has 33 heavy (non-hydrogen) atoms. The number of alkyl halides is 3. The topological polar surface area (TPSA) is 137 Å². The Bertz CT molecular complexity index is 951. The summed E-state index contributed by atoms with van der Waals surface area (Å²) >= 11 is 0.897. The summed E-state index contributed by atoms with van der Waals surface area (Å²) < 4.78 is 66.9. The number of phosphoric acid groups is 1. The number of halogens is 3. The van der Waals surface area contributed by atoms with Crippen molar-refractivity contribution in [2.45, 2.75) is 44.8 Å². The molecule has 186 valence electrons. The first kappa shape index (κ1) is 27.6. The molecule has 0 amide bonds. The van der Waals surface area contributed by atoms with Gasteiger partial charge in [0.25, 0.3) is 0 Å². The highest BCUT2D eigenvalue weighted by atomic mass is 32.1. The third-order valence-corrected chi connectivity index (χ3v) is 5.98. The molecule has 9 nitrogen and oxygen atoms in total. The van der Waals surface area contributed by atoms with Gasteiger partial charge in [0.05, 0.1) is 24.3 Å². The molecule has 14 heteroatoms. The molecule has 1 unspecified atom stereocenters. The second-order valence-electron chi connectivity index (χ2n) is 7.47. The van der Waals surface area contributed by atoms with E-state index in [9.17, 15) is 17.7 Å². The van der Waals surface area contributed by atoms with Crippen LogP contribution in [0.25, 0.3) is 10.6 Å². The van der Waals surface area contributed by atoms with E-state index in [1.165, 1.54) is 19.1 Å². The Morgan fingerprint density at radius 1 is 1.15 bits per heavy atom. The van der Waals surface area contributed by atoms with Crippen LogP contribution in [0.4, 0.5) is 13.2 Å². The first-order valence-corrected chi connectivity index (χ1v) is 12.4. The lowest BCUT2D eigenvalue weighted by atomic mass is 10.1. The molecule has 0 saturated carbocycles. The zero-order valence-electron chi connectivity index (χ0n) is 18.2. The molecule has 1 atom stereocenters. The van der Waals surface area contributed by atoms with E-state index in [2.05, 4.69) is 14.7 Å². The van der Waals surface area contributed by atoms with E-state index in [0.717, 1.165) is 23.8 Å². The number of benzene rings is 1. The number of ether oxygens (including phenoxy) is 2. The minimum absolute atomic E-state index is 0.117. The molecular formula is C19H27F3N3O6PS. The van der Waals surface area contributed by atoms with E-state index < -0.39 is 31.7 Å². The lowest BCUT2D eigenvalue weighted by molar-refractivity contribution is -0.138. The lowest BCUT2D eigenvalue weighted by Crippen LogP contribution is -2.37. The molecule has 4 N–H and O–H groups in total. The number of nitrogens with two attached hydrogens (primary N) is 1. The lowest BCUT2D eigenvalue weighted by Gasteiger charge is -2.21. The van der Waals surface area contributed by atoms with Gasteiger partial charge >= 0.3 is 14.0 Å². The minimum atomic E-state index is -4.75. The number of hydrogen-bond donors (Lipinski definition) is 3. The molecular weight excluding hydrogens is 486 g/mol. The monoisotopic (exact) mass is 513 g/mol. The number of rotatable bonds is 13. The van der Waals surface area contributed by atoms with Crippen LogP contribution in [0, 0.1) is 0 Å². The Kier molecular flexibility index (Phi) is 9.80. The summed E-state index contributed by atoms with van der Waals surface area (Å²) in [7, 11) is -4.75. The molecule has 0 aliphatic heterocycles. The highest BCUT2D eigenvalue weighted by Gasteiger charge is 2.35.